The molecule has 1 aromatic heterocycles. The molecule has 2 aromatic rings. The first-order valence-corrected chi connectivity index (χ1v) is 7.46. The van der Waals surface area contributed by atoms with Crippen molar-refractivity contribution in [2.24, 2.45) is 5.92 Å². The molecule has 104 valence electrons. The monoisotopic (exact) mass is 308 g/mol. The van der Waals surface area contributed by atoms with Gasteiger partial charge in [-0.15, -0.1) is 11.3 Å². The van der Waals surface area contributed by atoms with Crippen molar-refractivity contribution in [1.29, 1.82) is 0 Å². The zero-order valence-corrected chi connectivity index (χ0v) is 12.4. The number of thiazole rings is 1. The Morgan fingerprint density at radius 2 is 2.40 bits per heavy atom. The molecule has 2 heterocycles. The Morgan fingerprint density at radius 3 is 3.15 bits per heavy atom. The maximum absolute atomic E-state index is 12.2. The Bertz CT molecular complexity index is 656. The first-order valence-electron chi connectivity index (χ1n) is 6.26. The van der Waals surface area contributed by atoms with E-state index in [1.54, 1.807) is 12.3 Å². The molecular weight excluding hydrogens is 296 g/mol. The SMILES string of the molecule is Cc1cnc(NC(=O)[C@H]2COc3ccc(Cl)cc3C2)s1. The number of carbonyl (C=O) groups excluding carboxylic acids is 1. The lowest BCUT2D eigenvalue weighted by molar-refractivity contribution is -0.121. The summed E-state index contributed by atoms with van der Waals surface area (Å²) in [4.78, 5) is 17.4. The molecule has 1 amide bonds. The van der Waals surface area contributed by atoms with E-state index in [0.717, 1.165) is 16.2 Å². The number of hydrogen-bond donors (Lipinski definition) is 1. The number of fused-ring (bicyclic) bond motifs is 1. The molecule has 0 aliphatic carbocycles. The summed E-state index contributed by atoms with van der Waals surface area (Å²) in [6, 6.07) is 5.49. The fourth-order valence-electron chi connectivity index (χ4n) is 2.15. The largest absolute Gasteiger partial charge is 0.492 e. The molecule has 20 heavy (non-hydrogen) atoms. The Balaban J connectivity index is 1.71. The van der Waals surface area contributed by atoms with Gasteiger partial charge in [0.1, 0.15) is 12.4 Å². The second-order valence-corrected chi connectivity index (χ2v) is 6.40. The van der Waals surface area contributed by atoms with Crippen molar-refractivity contribution in [3.8, 4) is 5.75 Å². The lowest BCUT2D eigenvalue weighted by Gasteiger charge is -2.24. The molecule has 1 atom stereocenters. The fraction of sp³-hybridized carbons (Fsp3) is 0.286. The first kappa shape index (κ1) is 13.4. The lowest BCUT2D eigenvalue weighted by Crippen LogP contribution is -2.32. The highest BCUT2D eigenvalue weighted by Crippen LogP contribution is 2.30. The van der Waals surface area contributed by atoms with Crippen LogP contribution in [0.2, 0.25) is 5.02 Å². The van der Waals surface area contributed by atoms with Crippen molar-refractivity contribution in [2.75, 3.05) is 11.9 Å². The van der Waals surface area contributed by atoms with E-state index in [0.29, 0.717) is 23.2 Å². The molecule has 0 unspecified atom stereocenters. The van der Waals surface area contributed by atoms with Crippen LogP contribution in [0.3, 0.4) is 0 Å². The second-order valence-electron chi connectivity index (χ2n) is 4.73. The van der Waals surface area contributed by atoms with Crippen molar-refractivity contribution in [1.82, 2.24) is 4.98 Å². The summed E-state index contributed by atoms with van der Waals surface area (Å²) >= 11 is 7.44. The van der Waals surface area contributed by atoms with Gasteiger partial charge < -0.3 is 10.1 Å². The molecule has 0 radical (unpaired) electrons. The molecule has 3 rings (SSSR count). The van der Waals surface area contributed by atoms with E-state index in [1.165, 1.54) is 11.3 Å². The number of anilines is 1. The molecule has 6 heteroatoms. The van der Waals surface area contributed by atoms with Crippen molar-refractivity contribution in [3.05, 3.63) is 39.9 Å². The lowest BCUT2D eigenvalue weighted by atomic mass is 9.96. The quantitative estimate of drug-likeness (QED) is 0.926. The van der Waals surface area contributed by atoms with E-state index >= 15 is 0 Å². The summed E-state index contributed by atoms with van der Waals surface area (Å²) in [7, 11) is 0. The van der Waals surface area contributed by atoms with Gasteiger partial charge >= 0.3 is 0 Å². The minimum absolute atomic E-state index is 0.0648. The minimum atomic E-state index is -0.217. The molecule has 0 bridgehead atoms. The topological polar surface area (TPSA) is 51.2 Å². The highest BCUT2D eigenvalue weighted by atomic mass is 35.5. The van der Waals surface area contributed by atoms with Gasteiger partial charge in [0.05, 0.1) is 5.92 Å². The average molecular weight is 309 g/mol. The minimum Gasteiger partial charge on any atom is -0.492 e. The number of hydrogen-bond acceptors (Lipinski definition) is 4. The van der Waals surface area contributed by atoms with Gasteiger partial charge in [-0.25, -0.2) is 4.98 Å². The van der Waals surface area contributed by atoms with Gasteiger partial charge in [0.15, 0.2) is 5.13 Å². The Labute approximate surface area is 125 Å². The molecule has 0 fully saturated rings. The van der Waals surface area contributed by atoms with Gasteiger partial charge in [0.25, 0.3) is 0 Å². The maximum Gasteiger partial charge on any atom is 0.233 e. The van der Waals surface area contributed by atoms with Crippen LogP contribution in [-0.4, -0.2) is 17.5 Å². The molecule has 0 saturated heterocycles. The molecule has 1 aliphatic rings. The number of nitrogens with one attached hydrogen (secondary N) is 1. The van der Waals surface area contributed by atoms with Gasteiger partial charge in [-0.2, -0.15) is 0 Å². The number of rotatable bonds is 2. The average Bonchev–Trinajstić information content (AvgIpc) is 2.83. The summed E-state index contributed by atoms with van der Waals surface area (Å²) in [5, 5.41) is 4.12. The Hall–Kier alpha value is -1.59. The van der Waals surface area contributed by atoms with Crippen LogP contribution in [0.15, 0.2) is 24.4 Å². The normalized spacial score (nSPS) is 17.2. The van der Waals surface area contributed by atoms with E-state index in [1.807, 2.05) is 19.1 Å². The highest BCUT2D eigenvalue weighted by molar-refractivity contribution is 7.15. The van der Waals surface area contributed by atoms with Crippen LogP contribution in [0, 0.1) is 12.8 Å². The van der Waals surface area contributed by atoms with Crippen molar-refractivity contribution < 1.29 is 9.53 Å². The Kier molecular flexibility index (Phi) is 3.63. The molecule has 1 aromatic carbocycles. The van der Waals surface area contributed by atoms with Crippen LogP contribution < -0.4 is 10.1 Å². The van der Waals surface area contributed by atoms with Crippen LogP contribution in [0.25, 0.3) is 0 Å². The summed E-state index contributed by atoms with van der Waals surface area (Å²) < 4.78 is 5.62. The van der Waals surface area contributed by atoms with E-state index in [-0.39, 0.29) is 11.8 Å². The van der Waals surface area contributed by atoms with Crippen LogP contribution >= 0.6 is 22.9 Å². The first-order chi connectivity index (χ1) is 9.61. The number of aryl methyl sites for hydroxylation is 1. The third kappa shape index (κ3) is 2.78. The predicted molar refractivity (Wildman–Crippen MR) is 79.6 cm³/mol. The Morgan fingerprint density at radius 1 is 1.55 bits per heavy atom. The van der Waals surface area contributed by atoms with Gasteiger partial charge in [0.2, 0.25) is 5.91 Å². The summed E-state index contributed by atoms with van der Waals surface area (Å²) in [5.41, 5.74) is 0.971. The smallest absolute Gasteiger partial charge is 0.233 e. The summed E-state index contributed by atoms with van der Waals surface area (Å²) in [6.07, 6.45) is 2.37. The van der Waals surface area contributed by atoms with E-state index in [9.17, 15) is 4.79 Å². The fourth-order valence-corrected chi connectivity index (χ4v) is 3.01. The van der Waals surface area contributed by atoms with Crippen LogP contribution in [0.4, 0.5) is 5.13 Å². The molecular formula is C14H13ClN2O2S. The van der Waals surface area contributed by atoms with Crippen LogP contribution in [-0.2, 0) is 11.2 Å². The van der Waals surface area contributed by atoms with E-state index in [2.05, 4.69) is 10.3 Å². The van der Waals surface area contributed by atoms with Crippen molar-refractivity contribution >= 4 is 34.0 Å². The molecule has 0 saturated carbocycles. The van der Waals surface area contributed by atoms with Crippen LogP contribution in [0.5, 0.6) is 5.75 Å². The third-order valence-electron chi connectivity index (χ3n) is 3.15. The summed E-state index contributed by atoms with van der Waals surface area (Å²) in [6.45, 7) is 2.33. The van der Waals surface area contributed by atoms with E-state index in [4.69, 9.17) is 16.3 Å². The zero-order valence-electron chi connectivity index (χ0n) is 10.9. The van der Waals surface area contributed by atoms with E-state index < -0.39 is 0 Å². The van der Waals surface area contributed by atoms with Gasteiger partial charge in [-0.1, -0.05) is 11.6 Å². The second kappa shape index (κ2) is 5.42. The van der Waals surface area contributed by atoms with Gasteiger partial charge in [-0.05, 0) is 37.1 Å². The molecule has 4 nitrogen and oxygen atoms in total. The number of carbonyl (C=O) groups is 1. The number of amides is 1. The van der Waals surface area contributed by atoms with Crippen molar-refractivity contribution in [3.63, 3.8) is 0 Å². The zero-order chi connectivity index (χ0) is 14.1. The standard InChI is InChI=1S/C14H13ClN2O2S/c1-8-6-16-14(20-8)17-13(18)10-4-9-5-11(15)2-3-12(9)19-7-10/h2-3,5-6,10H,4,7H2,1H3,(H,16,17,18)/t10-/m1/s1. The molecule has 1 N–H and O–H groups in total. The maximum atomic E-state index is 12.2. The van der Waals surface area contributed by atoms with Crippen molar-refractivity contribution in [2.45, 2.75) is 13.3 Å². The summed E-state index contributed by atoms with van der Waals surface area (Å²) in [5.74, 6) is 0.527. The number of aromatic nitrogens is 1. The third-order valence-corrected chi connectivity index (χ3v) is 4.21. The van der Waals surface area contributed by atoms with Gasteiger partial charge in [-0.3, -0.25) is 4.79 Å². The number of benzene rings is 1. The number of ether oxygens (including phenoxy) is 1. The molecule has 1 aliphatic heterocycles. The number of halogens is 1. The molecule has 0 spiro atoms. The van der Waals surface area contributed by atoms with Crippen LogP contribution in [0.1, 0.15) is 10.4 Å². The highest BCUT2D eigenvalue weighted by Gasteiger charge is 2.26. The predicted octanol–water partition coefficient (Wildman–Crippen LogP) is 3.29. The van der Waals surface area contributed by atoms with Gasteiger partial charge in [0, 0.05) is 16.1 Å². The number of nitrogens with zero attached hydrogens (tertiary/aromatic N) is 1.